The number of imidazole rings is 1. The molecule has 0 aliphatic heterocycles. The Labute approximate surface area is 119 Å². The quantitative estimate of drug-likeness (QED) is 0.640. The van der Waals surface area contributed by atoms with Crippen molar-refractivity contribution < 1.29 is 4.39 Å². The lowest BCUT2D eigenvalue weighted by atomic mass is 10.2. The van der Waals surface area contributed by atoms with Crippen LogP contribution in [0.5, 0.6) is 0 Å². The number of fused-ring (bicyclic) bond motifs is 1. The van der Waals surface area contributed by atoms with Crippen LogP contribution in [-0.4, -0.2) is 9.55 Å². The number of benzene rings is 2. The number of nitrogens with one attached hydrogen (secondary N) is 1. The van der Waals surface area contributed by atoms with E-state index in [4.69, 9.17) is 23.8 Å². The Bertz CT molecular complexity index is 815. The van der Waals surface area contributed by atoms with E-state index in [0.717, 1.165) is 16.6 Å². The van der Waals surface area contributed by atoms with E-state index in [-0.39, 0.29) is 5.82 Å². The molecule has 1 N–H and O–H groups in total. The number of aromatic nitrogens is 2. The molecule has 96 valence electrons. The van der Waals surface area contributed by atoms with Crippen LogP contribution < -0.4 is 0 Å². The predicted octanol–water partition coefficient (Wildman–Crippen LogP) is 4.79. The van der Waals surface area contributed by atoms with E-state index in [1.165, 1.54) is 12.1 Å². The first-order valence-electron chi connectivity index (χ1n) is 5.73. The van der Waals surface area contributed by atoms with Gasteiger partial charge in [0.05, 0.1) is 21.7 Å². The topological polar surface area (TPSA) is 20.7 Å². The van der Waals surface area contributed by atoms with Crippen molar-refractivity contribution in [1.29, 1.82) is 0 Å². The summed E-state index contributed by atoms with van der Waals surface area (Å²) in [5.41, 5.74) is 3.10. The highest BCUT2D eigenvalue weighted by molar-refractivity contribution is 7.71. The lowest BCUT2D eigenvalue weighted by Gasteiger charge is -2.07. The van der Waals surface area contributed by atoms with Crippen molar-refractivity contribution in [3.05, 3.63) is 57.6 Å². The molecule has 5 heteroatoms. The van der Waals surface area contributed by atoms with Crippen LogP contribution in [0.25, 0.3) is 16.7 Å². The summed E-state index contributed by atoms with van der Waals surface area (Å²) < 4.78 is 15.8. The number of hydrogen-bond acceptors (Lipinski definition) is 1. The number of para-hydroxylation sites is 1. The maximum atomic E-state index is 13.6. The van der Waals surface area contributed by atoms with E-state index >= 15 is 0 Å². The largest absolute Gasteiger partial charge is 0.330 e. The van der Waals surface area contributed by atoms with Gasteiger partial charge in [-0.15, -0.1) is 0 Å². The zero-order chi connectivity index (χ0) is 13.6. The molecular weight excluding hydrogens is 283 g/mol. The van der Waals surface area contributed by atoms with E-state index in [2.05, 4.69) is 4.98 Å². The minimum atomic E-state index is -0.293. The van der Waals surface area contributed by atoms with Crippen LogP contribution in [0.4, 0.5) is 4.39 Å². The van der Waals surface area contributed by atoms with Gasteiger partial charge in [0.15, 0.2) is 4.77 Å². The summed E-state index contributed by atoms with van der Waals surface area (Å²) in [7, 11) is 0. The summed E-state index contributed by atoms with van der Waals surface area (Å²) in [6.45, 7) is 1.84. The van der Waals surface area contributed by atoms with Gasteiger partial charge in [-0.3, -0.25) is 4.57 Å². The summed E-state index contributed by atoms with van der Waals surface area (Å²) in [5.74, 6) is -0.293. The lowest BCUT2D eigenvalue weighted by Crippen LogP contribution is -1.96. The van der Waals surface area contributed by atoms with Gasteiger partial charge in [0.2, 0.25) is 0 Å². The minimum absolute atomic E-state index is 0.293. The van der Waals surface area contributed by atoms with E-state index in [0.29, 0.717) is 15.5 Å². The normalized spacial score (nSPS) is 11.1. The summed E-state index contributed by atoms with van der Waals surface area (Å²) >= 11 is 11.5. The van der Waals surface area contributed by atoms with Gasteiger partial charge in [-0.05, 0) is 55.0 Å². The van der Waals surface area contributed by atoms with Gasteiger partial charge in [-0.1, -0.05) is 17.7 Å². The smallest absolute Gasteiger partial charge is 0.182 e. The third-order valence-corrected chi connectivity index (χ3v) is 3.53. The second kappa shape index (κ2) is 4.47. The number of H-pyrrole nitrogens is 1. The van der Waals surface area contributed by atoms with Gasteiger partial charge in [0.25, 0.3) is 0 Å². The molecule has 19 heavy (non-hydrogen) atoms. The second-order valence-electron chi connectivity index (χ2n) is 4.39. The predicted molar refractivity (Wildman–Crippen MR) is 78.2 cm³/mol. The monoisotopic (exact) mass is 292 g/mol. The Hall–Kier alpha value is -1.65. The van der Waals surface area contributed by atoms with Crippen molar-refractivity contribution in [1.82, 2.24) is 9.55 Å². The molecule has 1 aromatic heterocycles. The van der Waals surface area contributed by atoms with Crippen LogP contribution in [0.3, 0.4) is 0 Å². The average molecular weight is 293 g/mol. The molecule has 2 nitrogen and oxygen atoms in total. The van der Waals surface area contributed by atoms with Gasteiger partial charge in [0.1, 0.15) is 5.82 Å². The average Bonchev–Trinajstić information content (AvgIpc) is 2.65. The molecule has 0 radical (unpaired) electrons. The van der Waals surface area contributed by atoms with Crippen LogP contribution in [0.2, 0.25) is 5.02 Å². The highest BCUT2D eigenvalue weighted by Crippen LogP contribution is 2.27. The van der Waals surface area contributed by atoms with Crippen molar-refractivity contribution in [3.8, 4) is 5.69 Å². The molecule has 0 unspecified atom stereocenters. The van der Waals surface area contributed by atoms with Crippen molar-refractivity contribution >= 4 is 34.9 Å². The van der Waals surface area contributed by atoms with Crippen molar-refractivity contribution in [2.45, 2.75) is 6.92 Å². The molecule has 0 saturated heterocycles. The van der Waals surface area contributed by atoms with E-state index < -0.39 is 0 Å². The van der Waals surface area contributed by atoms with Crippen LogP contribution >= 0.6 is 23.8 Å². The highest BCUT2D eigenvalue weighted by atomic mass is 35.5. The fourth-order valence-electron chi connectivity index (χ4n) is 2.21. The van der Waals surface area contributed by atoms with Crippen molar-refractivity contribution in [2.75, 3.05) is 0 Å². The fraction of sp³-hybridized carbons (Fsp3) is 0.0714. The minimum Gasteiger partial charge on any atom is -0.330 e. The highest BCUT2D eigenvalue weighted by Gasteiger charge is 2.10. The number of aryl methyl sites for hydroxylation is 1. The summed E-state index contributed by atoms with van der Waals surface area (Å²) in [4.78, 5) is 3.08. The zero-order valence-corrected chi connectivity index (χ0v) is 11.6. The molecule has 0 fully saturated rings. The second-order valence-corrected chi connectivity index (χ2v) is 5.18. The summed E-state index contributed by atoms with van der Waals surface area (Å²) in [6, 6.07) is 10.3. The summed E-state index contributed by atoms with van der Waals surface area (Å²) in [6.07, 6.45) is 0. The first-order valence-corrected chi connectivity index (χ1v) is 6.52. The maximum absolute atomic E-state index is 13.6. The number of hydrogen-bond donors (Lipinski definition) is 1. The third-order valence-electron chi connectivity index (χ3n) is 2.94. The molecule has 1 heterocycles. The van der Waals surface area contributed by atoms with Crippen molar-refractivity contribution in [2.24, 2.45) is 0 Å². The van der Waals surface area contributed by atoms with Gasteiger partial charge in [-0.25, -0.2) is 4.39 Å². The molecule has 0 spiro atoms. The third kappa shape index (κ3) is 2.07. The zero-order valence-electron chi connectivity index (χ0n) is 10.1. The molecule has 0 amide bonds. The Kier molecular flexibility index (Phi) is 2.92. The Morgan fingerprint density at radius 2 is 2.05 bits per heavy atom. The van der Waals surface area contributed by atoms with Gasteiger partial charge < -0.3 is 4.98 Å². The molecule has 2 aromatic carbocycles. The Morgan fingerprint density at radius 3 is 2.79 bits per heavy atom. The molecule has 3 aromatic rings. The first-order chi connectivity index (χ1) is 9.06. The molecule has 0 bridgehead atoms. The van der Waals surface area contributed by atoms with Gasteiger partial charge >= 0.3 is 0 Å². The molecular formula is C14H10ClFN2S. The van der Waals surface area contributed by atoms with Crippen LogP contribution in [0, 0.1) is 17.5 Å². The maximum Gasteiger partial charge on any atom is 0.182 e. The van der Waals surface area contributed by atoms with Crippen molar-refractivity contribution in [3.63, 3.8) is 0 Å². The van der Waals surface area contributed by atoms with Gasteiger partial charge in [0, 0.05) is 0 Å². The molecule has 0 aliphatic rings. The lowest BCUT2D eigenvalue weighted by molar-refractivity contribution is 0.625. The Morgan fingerprint density at radius 1 is 1.26 bits per heavy atom. The number of nitrogens with zero attached hydrogens (tertiary/aromatic N) is 1. The van der Waals surface area contributed by atoms with Gasteiger partial charge in [-0.2, -0.15) is 0 Å². The summed E-state index contributed by atoms with van der Waals surface area (Å²) in [5, 5.41) is 0.576. The van der Waals surface area contributed by atoms with E-state index in [1.807, 2.05) is 25.1 Å². The van der Waals surface area contributed by atoms with Crippen LogP contribution in [0.15, 0.2) is 36.4 Å². The number of aromatic amines is 1. The molecule has 0 saturated carbocycles. The SMILES string of the molecule is Cc1cc(F)cc(-n2c(=S)[nH]c3cccc(Cl)c32)c1. The number of halogens is 2. The molecule has 0 aliphatic carbocycles. The van der Waals surface area contributed by atoms with E-state index in [9.17, 15) is 4.39 Å². The van der Waals surface area contributed by atoms with Crippen LogP contribution in [0.1, 0.15) is 5.56 Å². The fourth-order valence-corrected chi connectivity index (χ4v) is 2.77. The molecule has 3 rings (SSSR count). The first kappa shape index (κ1) is 12.4. The number of rotatable bonds is 1. The van der Waals surface area contributed by atoms with Crippen LogP contribution in [-0.2, 0) is 0 Å². The molecule has 0 atom stereocenters. The standard InChI is InChI=1S/C14H10ClFN2S/c1-8-5-9(16)7-10(6-8)18-13-11(15)3-2-4-12(13)17-14(18)19/h2-7H,1H3,(H,17,19). The van der Waals surface area contributed by atoms with E-state index in [1.54, 1.807) is 10.6 Å². The Balaban J connectivity index is 2.42.